The van der Waals surface area contributed by atoms with Crippen LogP contribution in [0.15, 0.2) is 36.8 Å². The second kappa shape index (κ2) is 7.81. The molecule has 0 atom stereocenters. The van der Waals surface area contributed by atoms with Gasteiger partial charge >= 0.3 is 0 Å². The van der Waals surface area contributed by atoms with Crippen LogP contribution in [0.5, 0.6) is 5.75 Å². The Morgan fingerprint density at radius 1 is 1.30 bits per heavy atom. The third-order valence-corrected chi connectivity index (χ3v) is 3.52. The molecule has 1 amide bonds. The molecule has 27 heavy (non-hydrogen) atoms. The quantitative estimate of drug-likeness (QED) is 0.685. The summed E-state index contributed by atoms with van der Waals surface area (Å²) in [5.74, 6) is 0.182. The van der Waals surface area contributed by atoms with Gasteiger partial charge in [-0.05, 0) is 38.1 Å². The lowest BCUT2D eigenvalue weighted by Crippen LogP contribution is -2.21. The van der Waals surface area contributed by atoms with Gasteiger partial charge in [0.15, 0.2) is 11.5 Å². The summed E-state index contributed by atoms with van der Waals surface area (Å²) in [6, 6.07) is 6.88. The molecule has 0 fully saturated rings. The average molecular weight is 370 g/mol. The molecule has 2 N–H and O–H groups in total. The minimum absolute atomic E-state index is 0.119. The number of hydrogen-bond donors (Lipinski definition) is 2. The van der Waals surface area contributed by atoms with Gasteiger partial charge < -0.3 is 15.4 Å². The first-order valence-electron chi connectivity index (χ1n) is 9.70. The van der Waals surface area contributed by atoms with Crippen molar-refractivity contribution in [3.63, 3.8) is 0 Å². The Kier molecular flexibility index (Phi) is 4.24. The van der Waals surface area contributed by atoms with Crippen molar-refractivity contribution >= 4 is 17.3 Å². The first-order valence-corrected chi connectivity index (χ1v) is 8.20. The highest BCUT2D eigenvalue weighted by Gasteiger charge is 2.16. The molecule has 0 bridgehead atoms. The van der Waals surface area contributed by atoms with Crippen molar-refractivity contribution in [2.24, 2.45) is 7.05 Å². The molecule has 0 aliphatic heterocycles. The SMILES string of the molecule is [2H]C([2H])([2H])NC(=O)c1nnccc1Nc1ccc(-c2ncn(C)n2)cc1OC(C)C. The van der Waals surface area contributed by atoms with E-state index in [1.165, 1.54) is 12.3 Å². The van der Waals surface area contributed by atoms with E-state index in [1.807, 2.05) is 25.2 Å². The molecule has 0 saturated heterocycles. The first-order chi connectivity index (χ1) is 14.1. The lowest BCUT2D eigenvalue weighted by molar-refractivity contribution is 0.0958. The summed E-state index contributed by atoms with van der Waals surface area (Å²) < 4.78 is 29.2. The van der Waals surface area contributed by atoms with Crippen molar-refractivity contribution in [2.45, 2.75) is 20.0 Å². The summed E-state index contributed by atoms with van der Waals surface area (Å²) in [6.07, 6.45) is 2.87. The summed E-state index contributed by atoms with van der Waals surface area (Å²) >= 11 is 0. The van der Waals surface area contributed by atoms with Crippen molar-refractivity contribution in [3.8, 4) is 17.1 Å². The molecule has 3 aromatic rings. The van der Waals surface area contributed by atoms with Crippen molar-refractivity contribution in [1.29, 1.82) is 0 Å². The zero-order valence-corrected chi connectivity index (χ0v) is 15.1. The van der Waals surface area contributed by atoms with Crippen molar-refractivity contribution in [1.82, 2.24) is 30.3 Å². The standard InChI is InChI=1S/C18H21N7O2/c1-11(2)27-15-9-12(17-20-10-25(4)24-17)5-6-13(15)22-14-7-8-21-23-16(14)18(26)19-3/h5-11H,1-4H3,(H,19,26)(H,21,22)/i3D3. The third kappa shape index (κ3) is 4.20. The van der Waals surface area contributed by atoms with Crippen LogP contribution in [-0.2, 0) is 7.05 Å². The highest BCUT2D eigenvalue weighted by atomic mass is 16.5. The van der Waals surface area contributed by atoms with E-state index in [0.29, 0.717) is 17.3 Å². The minimum atomic E-state index is -2.64. The van der Waals surface area contributed by atoms with Crippen LogP contribution in [0.2, 0.25) is 0 Å². The lowest BCUT2D eigenvalue weighted by Gasteiger charge is -2.17. The van der Waals surface area contributed by atoms with Gasteiger partial charge in [0, 0.05) is 23.7 Å². The third-order valence-electron chi connectivity index (χ3n) is 3.52. The molecule has 0 aliphatic rings. The second-order valence-corrected chi connectivity index (χ2v) is 5.99. The van der Waals surface area contributed by atoms with Gasteiger partial charge in [-0.3, -0.25) is 9.48 Å². The molecule has 0 unspecified atom stereocenters. The van der Waals surface area contributed by atoms with E-state index in [0.717, 1.165) is 5.56 Å². The zero-order valence-electron chi connectivity index (χ0n) is 18.1. The maximum Gasteiger partial charge on any atom is 0.273 e. The molecule has 2 heterocycles. The number of anilines is 2. The second-order valence-electron chi connectivity index (χ2n) is 5.99. The number of amides is 1. The van der Waals surface area contributed by atoms with E-state index >= 15 is 0 Å². The van der Waals surface area contributed by atoms with Crippen LogP contribution in [-0.4, -0.2) is 43.9 Å². The molecular weight excluding hydrogens is 346 g/mol. The van der Waals surface area contributed by atoms with Gasteiger partial charge in [-0.2, -0.15) is 10.2 Å². The van der Waals surface area contributed by atoms with Gasteiger partial charge in [-0.1, -0.05) is 0 Å². The van der Waals surface area contributed by atoms with Gasteiger partial charge in [0.25, 0.3) is 5.91 Å². The molecule has 0 spiro atoms. The molecular formula is C18H21N7O2. The topological polar surface area (TPSA) is 107 Å². The monoisotopic (exact) mass is 370 g/mol. The molecule has 0 radical (unpaired) electrons. The number of nitrogens with zero attached hydrogens (tertiary/aromatic N) is 5. The number of carbonyl (C=O) groups excluding carboxylic acids is 1. The fraction of sp³-hybridized carbons (Fsp3) is 0.278. The van der Waals surface area contributed by atoms with Crippen molar-refractivity contribution in [3.05, 3.63) is 42.5 Å². The van der Waals surface area contributed by atoms with Crippen molar-refractivity contribution < 1.29 is 13.6 Å². The predicted molar refractivity (Wildman–Crippen MR) is 101 cm³/mol. The first kappa shape index (κ1) is 14.7. The number of ether oxygens (including phenoxy) is 1. The van der Waals surface area contributed by atoms with Gasteiger partial charge in [0.2, 0.25) is 0 Å². The fourth-order valence-electron chi connectivity index (χ4n) is 2.39. The largest absolute Gasteiger partial charge is 0.489 e. The number of benzene rings is 1. The number of carbonyl (C=O) groups is 1. The number of aryl methyl sites for hydroxylation is 1. The smallest absolute Gasteiger partial charge is 0.273 e. The van der Waals surface area contributed by atoms with E-state index in [4.69, 9.17) is 8.85 Å². The summed E-state index contributed by atoms with van der Waals surface area (Å²) in [4.78, 5) is 16.6. The summed E-state index contributed by atoms with van der Waals surface area (Å²) in [5, 5.41) is 16.7. The number of aromatic nitrogens is 5. The van der Waals surface area contributed by atoms with E-state index in [2.05, 4.69) is 25.6 Å². The molecule has 140 valence electrons. The maximum atomic E-state index is 12.3. The molecule has 0 aliphatic carbocycles. The van der Waals surface area contributed by atoms with Gasteiger partial charge in [0.1, 0.15) is 12.1 Å². The van der Waals surface area contributed by atoms with E-state index in [-0.39, 0.29) is 17.5 Å². The van der Waals surface area contributed by atoms with E-state index in [1.54, 1.807) is 30.2 Å². The van der Waals surface area contributed by atoms with Crippen LogP contribution in [0.25, 0.3) is 11.4 Å². The van der Waals surface area contributed by atoms with Crippen LogP contribution >= 0.6 is 0 Å². The van der Waals surface area contributed by atoms with Gasteiger partial charge in [-0.25, -0.2) is 4.98 Å². The Bertz CT molecular complexity index is 1050. The number of hydrogen-bond acceptors (Lipinski definition) is 7. The normalized spacial score (nSPS) is 12.8. The van der Waals surface area contributed by atoms with Crippen LogP contribution < -0.4 is 15.4 Å². The molecule has 9 heteroatoms. The molecule has 3 rings (SSSR count). The zero-order chi connectivity index (χ0) is 21.9. The number of nitrogens with one attached hydrogen (secondary N) is 2. The molecule has 9 nitrogen and oxygen atoms in total. The predicted octanol–water partition coefficient (Wildman–Crippen LogP) is 2.16. The Morgan fingerprint density at radius 2 is 2.15 bits per heavy atom. The summed E-state index contributed by atoms with van der Waals surface area (Å²) in [6.45, 7) is 1.13. The minimum Gasteiger partial charge on any atom is -0.489 e. The highest BCUT2D eigenvalue weighted by molar-refractivity contribution is 5.98. The summed E-state index contributed by atoms with van der Waals surface area (Å²) in [5.41, 5.74) is 1.44. The van der Waals surface area contributed by atoms with E-state index < -0.39 is 12.9 Å². The average Bonchev–Trinajstić information content (AvgIpc) is 3.08. The summed E-state index contributed by atoms with van der Waals surface area (Å²) in [7, 11) is 1.78. The molecule has 0 saturated carbocycles. The molecule has 1 aromatic carbocycles. The Labute approximate surface area is 161 Å². The van der Waals surface area contributed by atoms with Crippen LogP contribution in [0.1, 0.15) is 28.4 Å². The van der Waals surface area contributed by atoms with Gasteiger partial charge in [0.05, 0.1) is 23.7 Å². The van der Waals surface area contributed by atoms with Gasteiger partial charge in [-0.15, -0.1) is 5.10 Å². The van der Waals surface area contributed by atoms with Crippen molar-refractivity contribution in [2.75, 3.05) is 12.3 Å². The van der Waals surface area contributed by atoms with Crippen LogP contribution in [0, 0.1) is 0 Å². The Morgan fingerprint density at radius 3 is 2.85 bits per heavy atom. The molecule has 2 aromatic heterocycles. The van der Waals surface area contributed by atoms with Crippen LogP contribution in [0.3, 0.4) is 0 Å². The highest BCUT2D eigenvalue weighted by Crippen LogP contribution is 2.33. The maximum absolute atomic E-state index is 12.3. The Hall–Kier alpha value is -3.49. The Balaban J connectivity index is 1.95. The lowest BCUT2D eigenvalue weighted by atomic mass is 10.1. The van der Waals surface area contributed by atoms with E-state index in [9.17, 15) is 4.79 Å². The van der Waals surface area contributed by atoms with Crippen LogP contribution in [0.4, 0.5) is 11.4 Å². The number of rotatable bonds is 6. The fourth-order valence-corrected chi connectivity index (χ4v) is 2.39.